The van der Waals surface area contributed by atoms with Crippen molar-refractivity contribution in [2.45, 2.75) is 25.0 Å². The van der Waals surface area contributed by atoms with Crippen LogP contribution >= 0.6 is 0 Å². The third kappa shape index (κ3) is 2.94. The molecular formula is C12H17NO2. The van der Waals surface area contributed by atoms with E-state index >= 15 is 0 Å². The first-order valence-corrected chi connectivity index (χ1v) is 5.35. The second kappa shape index (κ2) is 4.64. The monoisotopic (exact) mass is 207 g/mol. The van der Waals surface area contributed by atoms with Crippen molar-refractivity contribution in [3.63, 3.8) is 0 Å². The number of hydrogen-bond donors (Lipinski definition) is 2. The van der Waals surface area contributed by atoms with Crippen LogP contribution in [-0.2, 0) is 0 Å². The quantitative estimate of drug-likeness (QED) is 0.768. The van der Waals surface area contributed by atoms with Gasteiger partial charge in [-0.2, -0.15) is 0 Å². The minimum absolute atomic E-state index is 0.420. The lowest BCUT2D eigenvalue weighted by Gasteiger charge is -2.12. The zero-order valence-electron chi connectivity index (χ0n) is 8.94. The first-order valence-electron chi connectivity index (χ1n) is 5.35. The SMILES string of the molecule is COc1ccc(C(O)CNC2CC2)cc1. The van der Waals surface area contributed by atoms with Crippen LogP contribution < -0.4 is 10.1 Å². The molecule has 0 amide bonds. The van der Waals surface area contributed by atoms with E-state index in [0.717, 1.165) is 11.3 Å². The van der Waals surface area contributed by atoms with Crippen molar-refractivity contribution >= 4 is 0 Å². The van der Waals surface area contributed by atoms with Crippen LogP contribution in [0.3, 0.4) is 0 Å². The molecule has 0 bridgehead atoms. The summed E-state index contributed by atoms with van der Waals surface area (Å²) in [4.78, 5) is 0. The second-order valence-electron chi connectivity index (χ2n) is 3.97. The Kier molecular flexibility index (Phi) is 3.23. The molecule has 2 N–H and O–H groups in total. The van der Waals surface area contributed by atoms with Crippen molar-refractivity contribution in [2.75, 3.05) is 13.7 Å². The van der Waals surface area contributed by atoms with Gasteiger partial charge in [0.25, 0.3) is 0 Å². The summed E-state index contributed by atoms with van der Waals surface area (Å²) in [6, 6.07) is 8.18. The van der Waals surface area contributed by atoms with E-state index in [-0.39, 0.29) is 0 Å². The third-order valence-corrected chi connectivity index (χ3v) is 2.68. The fourth-order valence-electron chi connectivity index (χ4n) is 1.51. The average molecular weight is 207 g/mol. The highest BCUT2D eigenvalue weighted by Crippen LogP contribution is 2.21. The van der Waals surface area contributed by atoms with Crippen LogP contribution in [0.1, 0.15) is 24.5 Å². The lowest BCUT2D eigenvalue weighted by Crippen LogP contribution is -2.23. The molecule has 15 heavy (non-hydrogen) atoms. The molecule has 0 aromatic heterocycles. The third-order valence-electron chi connectivity index (χ3n) is 2.68. The van der Waals surface area contributed by atoms with Crippen LogP contribution in [-0.4, -0.2) is 24.8 Å². The molecule has 0 heterocycles. The zero-order chi connectivity index (χ0) is 10.7. The van der Waals surface area contributed by atoms with Gasteiger partial charge in [0.05, 0.1) is 13.2 Å². The molecule has 0 aliphatic heterocycles. The first-order chi connectivity index (χ1) is 7.29. The Balaban J connectivity index is 1.88. The second-order valence-corrected chi connectivity index (χ2v) is 3.97. The van der Waals surface area contributed by atoms with E-state index in [9.17, 15) is 5.11 Å². The Bertz CT molecular complexity index is 306. The number of aliphatic hydroxyl groups is 1. The molecule has 0 spiro atoms. The molecule has 3 nitrogen and oxygen atoms in total. The molecule has 1 unspecified atom stereocenters. The minimum Gasteiger partial charge on any atom is -0.497 e. The van der Waals surface area contributed by atoms with Gasteiger partial charge in [-0.3, -0.25) is 0 Å². The molecular weight excluding hydrogens is 190 g/mol. The van der Waals surface area contributed by atoms with Crippen molar-refractivity contribution < 1.29 is 9.84 Å². The highest BCUT2D eigenvalue weighted by molar-refractivity contribution is 5.28. The molecule has 1 saturated carbocycles. The summed E-state index contributed by atoms with van der Waals surface area (Å²) >= 11 is 0. The van der Waals surface area contributed by atoms with Gasteiger partial charge in [-0.25, -0.2) is 0 Å². The molecule has 2 rings (SSSR count). The molecule has 82 valence electrons. The fourth-order valence-corrected chi connectivity index (χ4v) is 1.51. The predicted molar refractivity (Wildman–Crippen MR) is 59.0 cm³/mol. The van der Waals surface area contributed by atoms with E-state index in [1.54, 1.807) is 7.11 Å². The highest BCUT2D eigenvalue weighted by atomic mass is 16.5. The Morgan fingerprint density at radius 3 is 2.60 bits per heavy atom. The number of methoxy groups -OCH3 is 1. The molecule has 3 heteroatoms. The van der Waals surface area contributed by atoms with E-state index in [0.29, 0.717) is 12.6 Å². The number of aliphatic hydroxyl groups excluding tert-OH is 1. The number of hydrogen-bond acceptors (Lipinski definition) is 3. The topological polar surface area (TPSA) is 41.5 Å². The minimum atomic E-state index is -0.420. The van der Waals surface area contributed by atoms with E-state index in [1.165, 1.54) is 12.8 Å². The van der Waals surface area contributed by atoms with Gasteiger partial charge in [0, 0.05) is 12.6 Å². The molecule has 1 aromatic rings. The largest absolute Gasteiger partial charge is 0.497 e. The van der Waals surface area contributed by atoms with Gasteiger partial charge in [0.2, 0.25) is 0 Å². The van der Waals surface area contributed by atoms with E-state index in [4.69, 9.17) is 4.74 Å². The van der Waals surface area contributed by atoms with Gasteiger partial charge in [-0.15, -0.1) is 0 Å². The van der Waals surface area contributed by atoms with Gasteiger partial charge < -0.3 is 15.2 Å². The fraction of sp³-hybridized carbons (Fsp3) is 0.500. The van der Waals surface area contributed by atoms with Crippen LogP contribution in [0.5, 0.6) is 5.75 Å². The van der Waals surface area contributed by atoms with Crippen LogP contribution in [0.25, 0.3) is 0 Å². The lowest BCUT2D eigenvalue weighted by atomic mass is 10.1. The van der Waals surface area contributed by atoms with E-state index in [2.05, 4.69) is 5.32 Å². The number of ether oxygens (including phenoxy) is 1. The molecule has 0 saturated heterocycles. The van der Waals surface area contributed by atoms with Crippen LogP contribution in [0.4, 0.5) is 0 Å². The van der Waals surface area contributed by atoms with Gasteiger partial charge in [-0.1, -0.05) is 12.1 Å². The molecule has 0 radical (unpaired) electrons. The Hall–Kier alpha value is -1.06. The number of benzene rings is 1. The Morgan fingerprint density at radius 1 is 1.40 bits per heavy atom. The Labute approximate surface area is 90.1 Å². The maximum Gasteiger partial charge on any atom is 0.118 e. The van der Waals surface area contributed by atoms with E-state index in [1.807, 2.05) is 24.3 Å². The lowest BCUT2D eigenvalue weighted by molar-refractivity contribution is 0.174. The van der Waals surface area contributed by atoms with Gasteiger partial charge >= 0.3 is 0 Å². The number of nitrogens with one attached hydrogen (secondary N) is 1. The Morgan fingerprint density at radius 2 is 2.07 bits per heavy atom. The zero-order valence-corrected chi connectivity index (χ0v) is 8.94. The van der Waals surface area contributed by atoms with Crippen molar-refractivity contribution in [2.24, 2.45) is 0 Å². The standard InChI is InChI=1S/C12H17NO2/c1-15-11-6-2-9(3-7-11)12(14)8-13-10-4-5-10/h2-3,6-7,10,12-14H,4-5,8H2,1H3. The highest BCUT2D eigenvalue weighted by Gasteiger charge is 2.21. The van der Waals surface area contributed by atoms with Gasteiger partial charge in [0.1, 0.15) is 5.75 Å². The first kappa shape index (κ1) is 10.5. The van der Waals surface area contributed by atoms with Crippen molar-refractivity contribution in [1.82, 2.24) is 5.32 Å². The maximum atomic E-state index is 9.86. The normalized spacial score (nSPS) is 17.5. The van der Waals surface area contributed by atoms with Gasteiger partial charge in [-0.05, 0) is 30.5 Å². The molecule has 1 aliphatic carbocycles. The van der Waals surface area contributed by atoms with Crippen LogP contribution in [0, 0.1) is 0 Å². The summed E-state index contributed by atoms with van der Waals surface area (Å²) in [5, 5.41) is 13.2. The number of rotatable bonds is 5. The summed E-state index contributed by atoms with van der Waals surface area (Å²) in [5.74, 6) is 0.820. The maximum absolute atomic E-state index is 9.86. The van der Waals surface area contributed by atoms with Crippen LogP contribution in [0.2, 0.25) is 0 Å². The molecule has 1 atom stereocenters. The summed E-state index contributed by atoms with van der Waals surface area (Å²) < 4.78 is 5.06. The van der Waals surface area contributed by atoms with Crippen molar-refractivity contribution in [3.05, 3.63) is 29.8 Å². The summed E-state index contributed by atoms with van der Waals surface area (Å²) in [6.45, 7) is 0.636. The smallest absolute Gasteiger partial charge is 0.118 e. The van der Waals surface area contributed by atoms with Crippen molar-refractivity contribution in [1.29, 1.82) is 0 Å². The molecule has 1 fully saturated rings. The predicted octanol–water partition coefficient (Wildman–Crippen LogP) is 1.48. The summed E-state index contributed by atoms with van der Waals surface area (Å²) in [7, 11) is 1.64. The summed E-state index contributed by atoms with van der Waals surface area (Å²) in [5.41, 5.74) is 0.934. The van der Waals surface area contributed by atoms with Crippen LogP contribution in [0.15, 0.2) is 24.3 Å². The summed E-state index contributed by atoms with van der Waals surface area (Å²) in [6.07, 6.45) is 2.07. The van der Waals surface area contributed by atoms with Crippen molar-refractivity contribution in [3.8, 4) is 5.75 Å². The van der Waals surface area contributed by atoms with E-state index < -0.39 is 6.10 Å². The van der Waals surface area contributed by atoms with Gasteiger partial charge in [0.15, 0.2) is 0 Å². The molecule has 1 aliphatic rings. The average Bonchev–Trinajstić information content (AvgIpc) is 3.10. The molecule has 1 aromatic carbocycles.